The molecule has 0 aliphatic rings. The second kappa shape index (κ2) is 2.42. The van der Waals surface area contributed by atoms with Crippen LogP contribution in [0.4, 0.5) is 0 Å². The van der Waals surface area contributed by atoms with E-state index in [1.807, 2.05) is 11.4 Å². The van der Waals surface area contributed by atoms with Gasteiger partial charge in [-0.1, -0.05) is 0 Å². The molecule has 0 saturated heterocycles. The highest BCUT2D eigenvalue weighted by Gasteiger charge is 2.09. The first-order valence-corrected chi connectivity index (χ1v) is 4.93. The first kappa shape index (κ1) is 7.69. The van der Waals surface area contributed by atoms with Gasteiger partial charge in [-0.25, -0.2) is 9.78 Å². The summed E-state index contributed by atoms with van der Waals surface area (Å²) in [5, 5.41) is 6.80. The van der Waals surface area contributed by atoms with Crippen molar-refractivity contribution in [1.82, 2.24) is 19.2 Å². The highest BCUT2D eigenvalue weighted by molar-refractivity contribution is 7.16. The molecule has 6 heteroatoms. The molecule has 0 aliphatic heterocycles. The maximum Gasteiger partial charge on any atom is 0.351 e. The van der Waals surface area contributed by atoms with Crippen LogP contribution < -0.4 is 5.69 Å². The van der Waals surface area contributed by atoms with E-state index in [2.05, 4.69) is 10.1 Å². The smallest absolute Gasteiger partial charge is 0.286 e. The van der Waals surface area contributed by atoms with Crippen molar-refractivity contribution >= 4 is 27.2 Å². The molecule has 0 bridgehead atoms. The average molecular weight is 206 g/mol. The average Bonchev–Trinajstić information content (AvgIpc) is 2.80. The Morgan fingerprint density at radius 1 is 1.50 bits per heavy atom. The van der Waals surface area contributed by atoms with E-state index in [1.54, 1.807) is 11.6 Å². The molecule has 3 heterocycles. The van der Waals surface area contributed by atoms with Gasteiger partial charge in [-0.2, -0.15) is 9.61 Å². The van der Waals surface area contributed by atoms with E-state index in [9.17, 15) is 4.79 Å². The first-order chi connectivity index (χ1) is 6.79. The largest absolute Gasteiger partial charge is 0.351 e. The Balaban J connectivity index is 2.81. The molecule has 3 aromatic rings. The molecule has 0 atom stereocenters. The lowest BCUT2D eigenvalue weighted by molar-refractivity contribution is 0.776. The molecule has 0 N–H and O–H groups in total. The SMILES string of the molecule is Cn1c(=O)n2ncnc2c2ccsc21. The van der Waals surface area contributed by atoms with Crippen molar-refractivity contribution in [2.75, 3.05) is 0 Å². The fourth-order valence-electron chi connectivity index (χ4n) is 1.53. The van der Waals surface area contributed by atoms with Crippen LogP contribution in [-0.4, -0.2) is 19.2 Å². The number of thiophene rings is 1. The lowest BCUT2D eigenvalue weighted by atomic mass is 10.4. The van der Waals surface area contributed by atoms with Crippen molar-refractivity contribution in [2.24, 2.45) is 7.05 Å². The normalized spacial score (nSPS) is 11.5. The lowest BCUT2D eigenvalue weighted by Gasteiger charge is -1.99. The summed E-state index contributed by atoms with van der Waals surface area (Å²) in [5.74, 6) is 0. The summed E-state index contributed by atoms with van der Waals surface area (Å²) in [6.07, 6.45) is 1.40. The maximum absolute atomic E-state index is 11.7. The van der Waals surface area contributed by atoms with E-state index in [1.165, 1.54) is 22.2 Å². The molecule has 0 aromatic carbocycles. The monoisotopic (exact) mass is 206 g/mol. The minimum Gasteiger partial charge on any atom is -0.286 e. The van der Waals surface area contributed by atoms with Gasteiger partial charge >= 0.3 is 5.69 Å². The van der Waals surface area contributed by atoms with E-state index in [0.29, 0.717) is 5.65 Å². The van der Waals surface area contributed by atoms with Crippen molar-refractivity contribution in [2.45, 2.75) is 0 Å². The number of hydrogen-bond acceptors (Lipinski definition) is 4. The van der Waals surface area contributed by atoms with Crippen LogP contribution in [0.25, 0.3) is 15.9 Å². The lowest BCUT2D eigenvalue weighted by Crippen LogP contribution is -2.24. The standard InChI is InChI=1S/C8H6N4OS/c1-11-7-5(2-3-14-7)6-9-4-10-12(6)8(11)13/h2-4H,1H3. The molecule has 0 saturated carbocycles. The predicted octanol–water partition coefficient (Wildman–Crippen LogP) is 0.643. The van der Waals surface area contributed by atoms with Gasteiger partial charge in [0, 0.05) is 7.05 Å². The number of hydrogen-bond donors (Lipinski definition) is 0. The predicted molar refractivity (Wildman–Crippen MR) is 53.6 cm³/mol. The zero-order valence-electron chi connectivity index (χ0n) is 7.34. The van der Waals surface area contributed by atoms with E-state index >= 15 is 0 Å². The molecular formula is C8H6N4OS. The third-order valence-corrected chi connectivity index (χ3v) is 3.20. The summed E-state index contributed by atoms with van der Waals surface area (Å²) < 4.78 is 2.90. The summed E-state index contributed by atoms with van der Waals surface area (Å²) in [5.41, 5.74) is 0.469. The van der Waals surface area contributed by atoms with Crippen molar-refractivity contribution in [3.63, 3.8) is 0 Å². The van der Waals surface area contributed by atoms with E-state index in [0.717, 1.165) is 10.2 Å². The molecule has 0 amide bonds. The quantitative estimate of drug-likeness (QED) is 0.542. The Kier molecular flexibility index (Phi) is 1.33. The fourth-order valence-corrected chi connectivity index (χ4v) is 2.38. The minimum absolute atomic E-state index is 0.160. The number of aromatic nitrogens is 4. The summed E-state index contributed by atoms with van der Waals surface area (Å²) in [6, 6.07) is 1.95. The van der Waals surface area contributed by atoms with Crippen LogP contribution in [-0.2, 0) is 7.05 Å². The van der Waals surface area contributed by atoms with Crippen molar-refractivity contribution in [1.29, 1.82) is 0 Å². The van der Waals surface area contributed by atoms with Crippen LogP contribution in [0.2, 0.25) is 0 Å². The molecular weight excluding hydrogens is 200 g/mol. The molecule has 0 fully saturated rings. The number of nitrogens with zero attached hydrogens (tertiary/aromatic N) is 4. The number of aryl methyl sites for hydroxylation is 1. The van der Waals surface area contributed by atoms with Gasteiger partial charge in [0.2, 0.25) is 0 Å². The molecule has 0 radical (unpaired) electrons. The summed E-state index contributed by atoms with van der Waals surface area (Å²) in [6.45, 7) is 0. The Hall–Kier alpha value is -1.69. The third kappa shape index (κ3) is 0.759. The number of fused-ring (bicyclic) bond motifs is 3. The first-order valence-electron chi connectivity index (χ1n) is 4.05. The molecule has 0 aliphatic carbocycles. The molecule has 0 unspecified atom stereocenters. The van der Waals surface area contributed by atoms with Gasteiger partial charge in [0.15, 0.2) is 5.65 Å². The third-order valence-electron chi connectivity index (χ3n) is 2.21. The van der Waals surface area contributed by atoms with E-state index in [-0.39, 0.29) is 5.69 Å². The van der Waals surface area contributed by atoms with E-state index in [4.69, 9.17) is 0 Å². The van der Waals surface area contributed by atoms with Crippen LogP contribution in [0.5, 0.6) is 0 Å². The zero-order valence-corrected chi connectivity index (χ0v) is 8.15. The highest BCUT2D eigenvalue weighted by atomic mass is 32.1. The van der Waals surface area contributed by atoms with Crippen molar-refractivity contribution in [3.8, 4) is 0 Å². The van der Waals surface area contributed by atoms with Crippen molar-refractivity contribution < 1.29 is 0 Å². The van der Waals surface area contributed by atoms with Crippen LogP contribution in [0, 0.1) is 0 Å². The highest BCUT2D eigenvalue weighted by Crippen LogP contribution is 2.20. The van der Waals surface area contributed by atoms with Crippen LogP contribution >= 0.6 is 11.3 Å². The maximum atomic E-state index is 11.7. The Morgan fingerprint density at radius 3 is 3.21 bits per heavy atom. The second-order valence-corrected chi connectivity index (χ2v) is 3.87. The Labute approximate surface area is 82.2 Å². The minimum atomic E-state index is -0.160. The van der Waals surface area contributed by atoms with Gasteiger partial charge in [-0.05, 0) is 11.4 Å². The second-order valence-electron chi connectivity index (χ2n) is 2.98. The zero-order chi connectivity index (χ0) is 9.71. The van der Waals surface area contributed by atoms with Gasteiger partial charge in [0.25, 0.3) is 0 Å². The Morgan fingerprint density at radius 2 is 2.36 bits per heavy atom. The molecule has 3 aromatic heterocycles. The van der Waals surface area contributed by atoms with Gasteiger partial charge < -0.3 is 0 Å². The van der Waals surface area contributed by atoms with Gasteiger partial charge in [-0.3, -0.25) is 4.57 Å². The Bertz CT molecular complexity index is 677. The summed E-state index contributed by atoms with van der Waals surface area (Å²) in [7, 11) is 1.74. The summed E-state index contributed by atoms with van der Waals surface area (Å²) in [4.78, 5) is 16.7. The number of rotatable bonds is 0. The summed E-state index contributed by atoms with van der Waals surface area (Å²) >= 11 is 1.53. The molecule has 5 nitrogen and oxygen atoms in total. The van der Waals surface area contributed by atoms with Crippen LogP contribution in [0.1, 0.15) is 0 Å². The molecule has 70 valence electrons. The molecule has 0 spiro atoms. The topological polar surface area (TPSA) is 52.2 Å². The van der Waals surface area contributed by atoms with E-state index < -0.39 is 0 Å². The molecule has 14 heavy (non-hydrogen) atoms. The van der Waals surface area contributed by atoms with Crippen LogP contribution in [0.3, 0.4) is 0 Å². The molecule has 3 rings (SSSR count). The van der Waals surface area contributed by atoms with Crippen molar-refractivity contribution in [3.05, 3.63) is 28.3 Å². The van der Waals surface area contributed by atoms with Gasteiger partial charge in [-0.15, -0.1) is 11.3 Å². The fraction of sp³-hybridized carbons (Fsp3) is 0.125. The van der Waals surface area contributed by atoms with Gasteiger partial charge in [0.1, 0.15) is 11.2 Å². The van der Waals surface area contributed by atoms with Crippen LogP contribution in [0.15, 0.2) is 22.6 Å². The van der Waals surface area contributed by atoms with Gasteiger partial charge in [0.05, 0.1) is 5.39 Å².